The van der Waals surface area contributed by atoms with E-state index in [1.54, 1.807) is 6.07 Å². The molecule has 0 bridgehead atoms. The van der Waals surface area contributed by atoms with Crippen molar-refractivity contribution < 1.29 is 18.0 Å². The van der Waals surface area contributed by atoms with Crippen LogP contribution in [0.2, 0.25) is 0 Å². The molecule has 1 aromatic rings. The van der Waals surface area contributed by atoms with Crippen molar-refractivity contribution in [2.75, 3.05) is 0 Å². The van der Waals surface area contributed by atoms with Crippen LogP contribution in [0.1, 0.15) is 17.5 Å². The molecule has 5 heteroatoms. The lowest BCUT2D eigenvalue weighted by molar-refractivity contribution is -0.137. The van der Waals surface area contributed by atoms with Crippen LogP contribution >= 0.6 is 0 Å². The summed E-state index contributed by atoms with van der Waals surface area (Å²) in [6, 6.07) is 4.91. The summed E-state index contributed by atoms with van der Waals surface area (Å²) in [5.74, 6) is -1.06. The van der Waals surface area contributed by atoms with Crippen molar-refractivity contribution in [1.82, 2.24) is 0 Å². The first kappa shape index (κ1) is 14.3. The summed E-state index contributed by atoms with van der Waals surface area (Å²) in [6.45, 7) is 3.49. The van der Waals surface area contributed by atoms with Gasteiger partial charge in [-0.05, 0) is 24.5 Å². The van der Waals surface area contributed by atoms with Crippen molar-refractivity contribution in [3.05, 3.63) is 48.0 Å². The molecule has 0 fully saturated rings. The first-order valence-corrected chi connectivity index (χ1v) is 5.41. The molecule has 1 atom stereocenters. The predicted molar refractivity (Wildman–Crippen MR) is 62.6 cm³/mol. The molecule has 0 aliphatic heterocycles. The maximum atomic E-state index is 12.5. The van der Waals surface area contributed by atoms with Gasteiger partial charge in [-0.3, -0.25) is 4.79 Å². The monoisotopic (exact) mass is 257 g/mol. The van der Waals surface area contributed by atoms with Crippen LogP contribution in [0.15, 0.2) is 36.9 Å². The fourth-order valence-electron chi connectivity index (χ4n) is 1.66. The minimum atomic E-state index is -4.38. The fourth-order valence-corrected chi connectivity index (χ4v) is 1.66. The molecule has 2 nitrogen and oxygen atoms in total. The molecule has 0 saturated carbocycles. The van der Waals surface area contributed by atoms with Crippen molar-refractivity contribution in [3.63, 3.8) is 0 Å². The van der Waals surface area contributed by atoms with Crippen LogP contribution in [0.5, 0.6) is 0 Å². The highest BCUT2D eigenvalue weighted by Gasteiger charge is 2.30. The molecular formula is C13H14F3NO. The van der Waals surface area contributed by atoms with Crippen LogP contribution in [-0.4, -0.2) is 5.91 Å². The number of benzene rings is 1. The van der Waals surface area contributed by atoms with Crippen LogP contribution in [0.25, 0.3) is 0 Å². The van der Waals surface area contributed by atoms with Crippen LogP contribution in [0, 0.1) is 5.92 Å². The Morgan fingerprint density at radius 2 is 2.11 bits per heavy atom. The van der Waals surface area contributed by atoms with Crippen molar-refractivity contribution in [2.45, 2.75) is 19.0 Å². The van der Waals surface area contributed by atoms with E-state index < -0.39 is 23.6 Å². The molecule has 98 valence electrons. The van der Waals surface area contributed by atoms with Gasteiger partial charge in [-0.15, -0.1) is 6.58 Å². The summed E-state index contributed by atoms with van der Waals surface area (Å²) >= 11 is 0. The number of hydrogen-bond acceptors (Lipinski definition) is 1. The number of allylic oxidation sites excluding steroid dienone is 1. The van der Waals surface area contributed by atoms with E-state index >= 15 is 0 Å². The number of primary amides is 1. The fraction of sp³-hybridized carbons (Fsp3) is 0.308. The Kier molecular flexibility index (Phi) is 4.53. The molecule has 0 unspecified atom stereocenters. The maximum absolute atomic E-state index is 12.5. The molecule has 0 radical (unpaired) electrons. The van der Waals surface area contributed by atoms with Gasteiger partial charge in [0.1, 0.15) is 0 Å². The number of amides is 1. The Balaban J connectivity index is 2.90. The molecule has 0 spiro atoms. The minimum absolute atomic E-state index is 0.186. The highest BCUT2D eigenvalue weighted by molar-refractivity contribution is 5.77. The van der Waals surface area contributed by atoms with Gasteiger partial charge in [0.2, 0.25) is 5.91 Å². The first-order valence-electron chi connectivity index (χ1n) is 5.41. The first-order chi connectivity index (χ1) is 8.34. The Morgan fingerprint density at radius 1 is 1.44 bits per heavy atom. The van der Waals surface area contributed by atoms with Gasteiger partial charge in [0.05, 0.1) is 5.56 Å². The molecule has 1 aromatic carbocycles. The second-order valence-corrected chi connectivity index (χ2v) is 4.03. The van der Waals surface area contributed by atoms with E-state index in [-0.39, 0.29) is 6.42 Å². The zero-order chi connectivity index (χ0) is 13.8. The van der Waals surface area contributed by atoms with Gasteiger partial charge >= 0.3 is 6.18 Å². The van der Waals surface area contributed by atoms with Gasteiger partial charge in [-0.25, -0.2) is 0 Å². The van der Waals surface area contributed by atoms with Gasteiger partial charge in [-0.2, -0.15) is 13.2 Å². The Bertz CT molecular complexity index is 440. The highest BCUT2D eigenvalue weighted by Crippen LogP contribution is 2.30. The quantitative estimate of drug-likeness (QED) is 0.810. The average molecular weight is 257 g/mol. The summed E-state index contributed by atoms with van der Waals surface area (Å²) in [6.07, 6.45) is -2.31. The van der Waals surface area contributed by atoms with Crippen LogP contribution < -0.4 is 5.73 Å². The summed E-state index contributed by atoms with van der Waals surface area (Å²) in [7, 11) is 0. The number of carbonyl (C=O) groups is 1. The SMILES string of the molecule is C=CC[C@@H](Cc1cccc(C(F)(F)F)c1)C(N)=O. The predicted octanol–water partition coefficient (Wildman–Crippen LogP) is 2.93. The Labute approximate surface area is 103 Å². The smallest absolute Gasteiger partial charge is 0.369 e. The zero-order valence-electron chi connectivity index (χ0n) is 9.70. The lowest BCUT2D eigenvalue weighted by Gasteiger charge is -2.13. The van der Waals surface area contributed by atoms with Crippen LogP contribution in [0.3, 0.4) is 0 Å². The lowest BCUT2D eigenvalue weighted by Crippen LogP contribution is -2.24. The topological polar surface area (TPSA) is 43.1 Å². The van der Waals surface area contributed by atoms with Gasteiger partial charge < -0.3 is 5.73 Å². The summed E-state index contributed by atoms with van der Waals surface area (Å²) in [4.78, 5) is 11.1. The molecule has 1 rings (SSSR count). The number of carbonyl (C=O) groups excluding carboxylic acids is 1. The number of nitrogens with two attached hydrogens (primary N) is 1. The number of rotatable bonds is 5. The molecule has 0 aliphatic carbocycles. The van der Waals surface area contributed by atoms with Gasteiger partial charge in [0, 0.05) is 5.92 Å². The molecule has 0 aromatic heterocycles. The molecule has 1 amide bonds. The third-order valence-corrected chi connectivity index (χ3v) is 2.59. The van der Waals surface area contributed by atoms with Crippen molar-refractivity contribution in [3.8, 4) is 0 Å². The average Bonchev–Trinajstić information content (AvgIpc) is 2.27. The Hall–Kier alpha value is -1.78. The zero-order valence-corrected chi connectivity index (χ0v) is 9.70. The van der Waals surface area contributed by atoms with E-state index in [0.29, 0.717) is 12.0 Å². The van der Waals surface area contributed by atoms with E-state index in [1.165, 1.54) is 12.1 Å². The standard InChI is InChI=1S/C13H14F3NO/c1-2-4-10(12(17)18)7-9-5-3-6-11(8-9)13(14,15)16/h2-3,5-6,8,10H,1,4,7H2,(H2,17,18)/t10-/m0/s1. The molecule has 0 saturated heterocycles. The largest absolute Gasteiger partial charge is 0.416 e. The summed E-state index contributed by atoms with van der Waals surface area (Å²) in [5, 5.41) is 0. The second-order valence-electron chi connectivity index (χ2n) is 4.03. The Morgan fingerprint density at radius 3 is 2.61 bits per heavy atom. The number of hydrogen-bond donors (Lipinski definition) is 1. The normalized spacial score (nSPS) is 13.1. The summed E-state index contributed by atoms with van der Waals surface area (Å²) in [5.41, 5.74) is 4.91. The van der Waals surface area contributed by atoms with Gasteiger partial charge in [0.15, 0.2) is 0 Å². The van der Waals surface area contributed by atoms with E-state index in [0.717, 1.165) is 12.1 Å². The summed E-state index contributed by atoms with van der Waals surface area (Å²) < 4.78 is 37.5. The highest BCUT2D eigenvalue weighted by atomic mass is 19.4. The van der Waals surface area contributed by atoms with Crippen LogP contribution in [0.4, 0.5) is 13.2 Å². The van der Waals surface area contributed by atoms with Crippen molar-refractivity contribution >= 4 is 5.91 Å². The number of alkyl halides is 3. The lowest BCUT2D eigenvalue weighted by atomic mass is 9.94. The number of halogens is 3. The van der Waals surface area contributed by atoms with Crippen molar-refractivity contribution in [2.24, 2.45) is 11.7 Å². The van der Waals surface area contributed by atoms with Crippen LogP contribution in [-0.2, 0) is 17.4 Å². The minimum Gasteiger partial charge on any atom is -0.369 e. The van der Waals surface area contributed by atoms with E-state index in [4.69, 9.17) is 5.73 Å². The maximum Gasteiger partial charge on any atom is 0.416 e. The van der Waals surface area contributed by atoms with E-state index in [2.05, 4.69) is 6.58 Å². The van der Waals surface area contributed by atoms with E-state index in [9.17, 15) is 18.0 Å². The van der Waals surface area contributed by atoms with Gasteiger partial charge in [0.25, 0.3) is 0 Å². The third kappa shape index (κ3) is 3.91. The molecule has 0 aliphatic rings. The molecule has 18 heavy (non-hydrogen) atoms. The third-order valence-electron chi connectivity index (χ3n) is 2.59. The van der Waals surface area contributed by atoms with E-state index in [1.807, 2.05) is 0 Å². The van der Waals surface area contributed by atoms with Crippen molar-refractivity contribution in [1.29, 1.82) is 0 Å². The molecular weight excluding hydrogens is 243 g/mol. The second kappa shape index (κ2) is 5.71. The molecule has 2 N–H and O–H groups in total. The van der Waals surface area contributed by atoms with Gasteiger partial charge in [-0.1, -0.05) is 24.3 Å². The molecule has 0 heterocycles.